The van der Waals surface area contributed by atoms with Gasteiger partial charge in [0.2, 0.25) is 0 Å². The minimum Gasteiger partial charge on any atom is -0.497 e. The average Bonchev–Trinajstić information content (AvgIpc) is 3.33. The first-order valence-electron chi connectivity index (χ1n) is 11.7. The number of rotatable bonds is 8. The zero-order valence-electron chi connectivity index (χ0n) is 20.1. The van der Waals surface area contributed by atoms with Crippen LogP contribution in [-0.4, -0.2) is 27.8 Å². The molecule has 0 saturated carbocycles. The molecule has 0 atom stereocenters. The highest BCUT2D eigenvalue weighted by molar-refractivity contribution is 7.98. The van der Waals surface area contributed by atoms with Crippen molar-refractivity contribution in [3.05, 3.63) is 114 Å². The molecule has 7 heteroatoms. The summed E-state index contributed by atoms with van der Waals surface area (Å²) in [6, 6.07) is 29.8. The lowest BCUT2D eigenvalue weighted by Gasteiger charge is -2.12. The number of ether oxygens (including phenoxy) is 1. The Morgan fingerprint density at radius 3 is 2.56 bits per heavy atom. The van der Waals surface area contributed by atoms with Crippen LogP contribution < -0.4 is 10.1 Å². The number of thioether (sulfide) groups is 1. The largest absolute Gasteiger partial charge is 0.497 e. The quantitative estimate of drug-likeness (QED) is 0.270. The maximum absolute atomic E-state index is 13.1. The highest BCUT2D eigenvalue weighted by Crippen LogP contribution is 2.27. The standard InChI is InChI=1S/C29H26N4O2S/c1-20-13-15-23(16-14-20)33-27(31-32-29(33)36-19-21-7-5-10-24(17-21)35-2)18-30-28(34)26-12-6-9-22-8-3-4-11-25(22)26/h3-17H,18-19H2,1-2H3,(H,30,34). The normalized spacial score (nSPS) is 10.9. The number of benzene rings is 4. The predicted molar refractivity (Wildman–Crippen MR) is 144 cm³/mol. The smallest absolute Gasteiger partial charge is 0.252 e. The molecule has 6 nitrogen and oxygen atoms in total. The van der Waals surface area contributed by atoms with Crippen LogP contribution in [0.3, 0.4) is 0 Å². The molecule has 36 heavy (non-hydrogen) atoms. The van der Waals surface area contributed by atoms with Crippen molar-refractivity contribution in [2.24, 2.45) is 0 Å². The fourth-order valence-corrected chi connectivity index (χ4v) is 4.96. The van der Waals surface area contributed by atoms with Crippen LogP contribution in [0.1, 0.15) is 27.3 Å². The van der Waals surface area contributed by atoms with Crippen LogP contribution in [0.4, 0.5) is 0 Å². The third-order valence-corrected chi connectivity index (χ3v) is 6.94. The molecule has 0 fully saturated rings. The summed E-state index contributed by atoms with van der Waals surface area (Å²) in [5.74, 6) is 2.06. The molecule has 1 N–H and O–H groups in total. The number of fused-ring (bicyclic) bond motifs is 1. The van der Waals surface area contributed by atoms with E-state index in [0.29, 0.717) is 17.1 Å². The summed E-state index contributed by atoms with van der Waals surface area (Å²) in [7, 11) is 1.67. The van der Waals surface area contributed by atoms with E-state index in [1.54, 1.807) is 18.9 Å². The minimum atomic E-state index is -0.143. The van der Waals surface area contributed by atoms with E-state index in [1.807, 2.05) is 77.4 Å². The average molecular weight is 495 g/mol. The van der Waals surface area contributed by atoms with Crippen LogP contribution in [0.25, 0.3) is 16.5 Å². The van der Waals surface area contributed by atoms with Gasteiger partial charge in [-0.3, -0.25) is 9.36 Å². The van der Waals surface area contributed by atoms with E-state index in [1.165, 1.54) is 5.56 Å². The van der Waals surface area contributed by atoms with E-state index < -0.39 is 0 Å². The molecule has 0 bridgehead atoms. The zero-order chi connectivity index (χ0) is 24.9. The maximum atomic E-state index is 13.1. The van der Waals surface area contributed by atoms with Crippen molar-refractivity contribution < 1.29 is 9.53 Å². The Labute approximate surface area is 214 Å². The molecule has 0 radical (unpaired) electrons. The van der Waals surface area contributed by atoms with Crippen LogP contribution >= 0.6 is 11.8 Å². The molecular formula is C29H26N4O2S. The second-order valence-corrected chi connectivity index (χ2v) is 9.36. The Kier molecular flexibility index (Phi) is 7.00. The van der Waals surface area contributed by atoms with Crippen molar-refractivity contribution in [2.45, 2.75) is 24.4 Å². The van der Waals surface area contributed by atoms with Gasteiger partial charge in [0.25, 0.3) is 5.91 Å². The molecule has 0 spiro atoms. The second kappa shape index (κ2) is 10.7. The summed E-state index contributed by atoms with van der Waals surface area (Å²) in [5, 5.41) is 14.7. The number of hydrogen-bond donors (Lipinski definition) is 1. The summed E-state index contributed by atoms with van der Waals surface area (Å²) in [6.45, 7) is 2.31. The van der Waals surface area contributed by atoms with Gasteiger partial charge in [0.1, 0.15) is 5.75 Å². The first-order chi connectivity index (χ1) is 17.6. The highest BCUT2D eigenvalue weighted by Gasteiger charge is 2.17. The van der Waals surface area contributed by atoms with Crippen molar-refractivity contribution in [1.29, 1.82) is 0 Å². The Morgan fingerprint density at radius 1 is 0.944 bits per heavy atom. The Balaban J connectivity index is 1.40. The number of nitrogens with zero attached hydrogens (tertiary/aromatic N) is 3. The Hall–Kier alpha value is -4.10. The fourth-order valence-electron chi connectivity index (χ4n) is 4.05. The van der Waals surface area contributed by atoms with E-state index in [-0.39, 0.29) is 12.5 Å². The lowest BCUT2D eigenvalue weighted by molar-refractivity contribution is 0.0951. The monoisotopic (exact) mass is 494 g/mol. The number of hydrogen-bond acceptors (Lipinski definition) is 5. The van der Waals surface area contributed by atoms with Gasteiger partial charge in [-0.2, -0.15) is 0 Å². The third-order valence-electron chi connectivity index (χ3n) is 5.94. The molecule has 0 aliphatic rings. The third kappa shape index (κ3) is 5.11. The van der Waals surface area contributed by atoms with Gasteiger partial charge in [0.05, 0.1) is 13.7 Å². The van der Waals surface area contributed by atoms with E-state index in [2.05, 4.69) is 40.6 Å². The molecule has 0 aliphatic carbocycles. The molecular weight excluding hydrogens is 468 g/mol. The number of carbonyl (C=O) groups excluding carboxylic acids is 1. The molecule has 5 rings (SSSR count). The number of aryl methyl sites for hydroxylation is 1. The van der Waals surface area contributed by atoms with Crippen LogP contribution in [0.5, 0.6) is 5.75 Å². The molecule has 0 unspecified atom stereocenters. The van der Waals surface area contributed by atoms with E-state index in [4.69, 9.17) is 4.74 Å². The van der Waals surface area contributed by atoms with Crippen LogP contribution in [0.15, 0.2) is 96.2 Å². The highest BCUT2D eigenvalue weighted by atomic mass is 32.2. The molecule has 0 saturated heterocycles. The second-order valence-electron chi connectivity index (χ2n) is 8.42. The lowest BCUT2D eigenvalue weighted by Crippen LogP contribution is -2.25. The van der Waals surface area contributed by atoms with E-state index in [0.717, 1.165) is 32.9 Å². The number of carbonyl (C=O) groups is 1. The first-order valence-corrected chi connectivity index (χ1v) is 12.6. The number of aromatic nitrogens is 3. The van der Waals surface area contributed by atoms with Crippen LogP contribution in [0.2, 0.25) is 0 Å². The number of nitrogens with one attached hydrogen (secondary N) is 1. The van der Waals surface area contributed by atoms with Gasteiger partial charge in [-0.05, 0) is 53.6 Å². The molecule has 0 aliphatic heterocycles. The molecule has 5 aromatic rings. The van der Waals surface area contributed by atoms with Crippen molar-refractivity contribution in [3.63, 3.8) is 0 Å². The lowest BCUT2D eigenvalue weighted by atomic mass is 10.0. The Bertz CT molecular complexity index is 1510. The summed E-state index contributed by atoms with van der Waals surface area (Å²) in [5.41, 5.74) is 3.89. The van der Waals surface area contributed by atoms with E-state index >= 15 is 0 Å². The summed E-state index contributed by atoms with van der Waals surface area (Å²) < 4.78 is 7.36. The SMILES string of the molecule is COc1cccc(CSc2nnc(CNC(=O)c3cccc4ccccc34)n2-c2ccc(C)cc2)c1. The minimum absolute atomic E-state index is 0.143. The van der Waals surface area contributed by atoms with Gasteiger partial charge in [-0.25, -0.2) is 0 Å². The fraction of sp³-hybridized carbons (Fsp3) is 0.138. The summed E-state index contributed by atoms with van der Waals surface area (Å²) in [6.07, 6.45) is 0. The van der Waals surface area contributed by atoms with Gasteiger partial charge >= 0.3 is 0 Å². The van der Waals surface area contributed by atoms with Crippen LogP contribution in [0, 0.1) is 6.92 Å². The van der Waals surface area contributed by atoms with E-state index in [9.17, 15) is 4.79 Å². The molecule has 1 aromatic heterocycles. The first kappa shape index (κ1) is 23.6. The van der Waals surface area contributed by atoms with Gasteiger partial charge in [-0.1, -0.05) is 78.0 Å². The summed E-state index contributed by atoms with van der Waals surface area (Å²) in [4.78, 5) is 13.1. The molecule has 180 valence electrons. The molecule has 4 aromatic carbocycles. The van der Waals surface area contributed by atoms with Gasteiger partial charge in [0, 0.05) is 17.0 Å². The van der Waals surface area contributed by atoms with Gasteiger partial charge in [0.15, 0.2) is 11.0 Å². The van der Waals surface area contributed by atoms with Crippen molar-refractivity contribution in [3.8, 4) is 11.4 Å². The topological polar surface area (TPSA) is 69.0 Å². The predicted octanol–water partition coefficient (Wildman–Crippen LogP) is 5.96. The van der Waals surface area contributed by atoms with Crippen molar-refractivity contribution in [1.82, 2.24) is 20.1 Å². The number of amides is 1. The summed E-state index contributed by atoms with van der Waals surface area (Å²) >= 11 is 1.59. The van der Waals surface area contributed by atoms with Gasteiger partial charge in [-0.15, -0.1) is 10.2 Å². The van der Waals surface area contributed by atoms with Crippen molar-refractivity contribution >= 4 is 28.4 Å². The molecule has 1 amide bonds. The van der Waals surface area contributed by atoms with Crippen molar-refractivity contribution in [2.75, 3.05) is 7.11 Å². The Morgan fingerprint density at radius 2 is 1.72 bits per heavy atom. The van der Waals surface area contributed by atoms with Crippen LogP contribution in [-0.2, 0) is 12.3 Å². The zero-order valence-corrected chi connectivity index (χ0v) is 21.0. The number of methoxy groups -OCH3 is 1. The maximum Gasteiger partial charge on any atom is 0.252 e. The van der Waals surface area contributed by atoms with Gasteiger partial charge < -0.3 is 10.1 Å². The molecule has 1 heterocycles.